The van der Waals surface area contributed by atoms with E-state index in [9.17, 15) is 0 Å². The fourth-order valence-electron chi connectivity index (χ4n) is 4.26. The second kappa shape index (κ2) is 13.2. The summed E-state index contributed by atoms with van der Waals surface area (Å²) in [6.07, 6.45) is 10.9. The van der Waals surface area contributed by atoms with Crippen LogP contribution in [0.5, 0.6) is 0 Å². The Hall–Kier alpha value is -1.34. The summed E-state index contributed by atoms with van der Waals surface area (Å²) >= 11 is 0. The molecule has 0 amide bonds. The van der Waals surface area contributed by atoms with Crippen LogP contribution in [0.2, 0.25) is 0 Å². The van der Waals surface area contributed by atoms with Gasteiger partial charge in [0.15, 0.2) is 0 Å². The summed E-state index contributed by atoms with van der Waals surface area (Å²) < 4.78 is 5.42. The number of nitrogens with one attached hydrogen (secondary N) is 2. The van der Waals surface area contributed by atoms with Crippen molar-refractivity contribution in [1.29, 1.82) is 0 Å². The molecule has 0 unspecified atom stereocenters. The highest BCUT2D eigenvalue weighted by Crippen LogP contribution is 2.26. The van der Waals surface area contributed by atoms with Crippen LogP contribution in [0.1, 0.15) is 44.9 Å². The van der Waals surface area contributed by atoms with E-state index in [1.807, 2.05) is 0 Å². The van der Waals surface area contributed by atoms with Crippen molar-refractivity contribution in [1.82, 2.24) is 14.9 Å². The third kappa shape index (κ3) is 7.12. The molecular weight excluding hydrogens is 421 g/mol. The van der Waals surface area contributed by atoms with E-state index in [1.165, 1.54) is 44.9 Å². The number of hydrogen-bond donors (Lipinski definition) is 2. The minimum atomic E-state index is 0. The molecule has 8 heteroatoms. The van der Waals surface area contributed by atoms with Gasteiger partial charge in [0.25, 0.3) is 0 Å². The zero-order valence-corrected chi connectivity index (χ0v) is 19.3. The summed E-state index contributed by atoms with van der Waals surface area (Å²) in [5.41, 5.74) is 2.14. The first-order valence-electron chi connectivity index (χ1n) is 10.9. The molecule has 2 aromatic rings. The number of nitrogens with zero attached hydrogens (tertiary/aromatic N) is 3. The van der Waals surface area contributed by atoms with Crippen LogP contribution in [0.25, 0.3) is 10.9 Å². The molecule has 0 atom stereocenters. The highest BCUT2D eigenvalue weighted by Gasteiger charge is 2.14. The van der Waals surface area contributed by atoms with E-state index in [4.69, 9.17) is 4.74 Å². The Labute approximate surface area is 192 Å². The number of benzene rings is 1. The lowest BCUT2D eigenvalue weighted by Gasteiger charge is -2.26. The number of morpholine rings is 1. The fraction of sp³-hybridized carbons (Fsp3) is 0.636. The molecule has 0 spiro atoms. The quantitative estimate of drug-likeness (QED) is 0.655. The van der Waals surface area contributed by atoms with Crippen molar-refractivity contribution < 1.29 is 4.74 Å². The van der Waals surface area contributed by atoms with E-state index in [2.05, 4.69) is 43.7 Å². The molecule has 30 heavy (non-hydrogen) atoms. The average Bonchev–Trinajstić information content (AvgIpc) is 2.71. The highest BCUT2D eigenvalue weighted by atomic mass is 35.5. The average molecular weight is 456 g/mol. The van der Waals surface area contributed by atoms with Gasteiger partial charge in [0.2, 0.25) is 0 Å². The van der Waals surface area contributed by atoms with Crippen LogP contribution in [0.4, 0.5) is 11.5 Å². The molecule has 6 nitrogen and oxygen atoms in total. The maximum atomic E-state index is 5.42. The number of halogens is 2. The van der Waals surface area contributed by atoms with Crippen molar-refractivity contribution >= 4 is 47.2 Å². The molecule has 1 saturated carbocycles. The lowest BCUT2D eigenvalue weighted by Crippen LogP contribution is -2.38. The van der Waals surface area contributed by atoms with Gasteiger partial charge in [-0.1, -0.05) is 32.1 Å². The number of aromatic nitrogens is 2. The van der Waals surface area contributed by atoms with E-state index >= 15 is 0 Å². The molecule has 2 aliphatic rings. The van der Waals surface area contributed by atoms with Gasteiger partial charge in [0.05, 0.1) is 18.7 Å². The number of fused-ring (bicyclic) bond motifs is 1. The van der Waals surface area contributed by atoms with Crippen molar-refractivity contribution in [3.63, 3.8) is 0 Å². The molecule has 1 aromatic heterocycles. The third-order valence-electron chi connectivity index (χ3n) is 5.94. The summed E-state index contributed by atoms with van der Waals surface area (Å²) in [6, 6.07) is 6.93. The molecule has 168 valence electrons. The van der Waals surface area contributed by atoms with Crippen molar-refractivity contribution in [3.8, 4) is 0 Å². The van der Waals surface area contributed by atoms with Gasteiger partial charge in [-0.3, -0.25) is 4.90 Å². The highest BCUT2D eigenvalue weighted by molar-refractivity contribution is 5.91. The lowest BCUT2D eigenvalue weighted by atomic mass is 9.96. The molecule has 4 rings (SSSR count). The largest absolute Gasteiger partial charge is 0.384 e. The number of ether oxygens (including phenoxy) is 1. The van der Waals surface area contributed by atoms with Crippen molar-refractivity contribution in [3.05, 3.63) is 24.5 Å². The number of anilines is 2. The second-order valence-corrected chi connectivity index (χ2v) is 8.02. The maximum Gasteiger partial charge on any atom is 0.137 e. The van der Waals surface area contributed by atoms with Crippen molar-refractivity contribution in [2.45, 2.75) is 51.0 Å². The van der Waals surface area contributed by atoms with Crippen LogP contribution in [0, 0.1) is 0 Å². The molecule has 1 aliphatic heterocycles. The summed E-state index contributed by atoms with van der Waals surface area (Å²) in [6.45, 7) is 5.74. The van der Waals surface area contributed by atoms with E-state index in [-0.39, 0.29) is 24.8 Å². The molecule has 2 fully saturated rings. The van der Waals surface area contributed by atoms with Gasteiger partial charge in [-0.25, -0.2) is 9.97 Å². The van der Waals surface area contributed by atoms with Gasteiger partial charge < -0.3 is 15.4 Å². The molecule has 2 N–H and O–H groups in total. The van der Waals surface area contributed by atoms with Crippen molar-refractivity contribution in [2.75, 3.05) is 50.0 Å². The Morgan fingerprint density at radius 1 is 0.967 bits per heavy atom. The molecule has 1 aliphatic carbocycles. The Balaban J connectivity index is 0.00000160. The monoisotopic (exact) mass is 455 g/mol. The molecule has 2 heterocycles. The summed E-state index contributed by atoms with van der Waals surface area (Å²) in [5, 5.41) is 8.41. The van der Waals surface area contributed by atoms with Crippen molar-refractivity contribution in [2.24, 2.45) is 0 Å². The summed E-state index contributed by atoms with van der Waals surface area (Å²) in [7, 11) is 0. The van der Waals surface area contributed by atoms with E-state index in [0.717, 1.165) is 61.8 Å². The van der Waals surface area contributed by atoms with Gasteiger partial charge in [0, 0.05) is 43.3 Å². The van der Waals surface area contributed by atoms with Crippen LogP contribution >= 0.6 is 24.8 Å². The van der Waals surface area contributed by atoms with Gasteiger partial charge in [0.1, 0.15) is 12.1 Å². The predicted molar refractivity (Wildman–Crippen MR) is 130 cm³/mol. The second-order valence-electron chi connectivity index (χ2n) is 8.02. The Bertz CT molecular complexity index is 749. The van der Waals surface area contributed by atoms with Gasteiger partial charge >= 0.3 is 0 Å². The first kappa shape index (κ1) is 24.9. The minimum Gasteiger partial charge on any atom is -0.384 e. The van der Waals surface area contributed by atoms with Crippen LogP contribution in [-0.2, 0) is 4.74 Å². The fourth-order valence-corrected chi connectivity index (χ4v) is 4.26. The number of hydrogen-bond acceptors (Lipinski definition) is 6. The molecule has 0 radical (unpaired) electrons. The Morgan fingerprint density at radius 2 is 1.70 bits per heavy atom. The molecule has 1 aromatic carbocycles. The number of rotatable bonds is 6. The van der Waals surface area contributed by atoms with Gasteiger partial charge in [-0.15, -0.1) is 24.8 Å². The molecule has 0 bridgehead atoms. The third-order valence-corrected chi connectivity index (χ3v) is 5.94. The van der Waals surface area contributed by atoms with E-state index < -0.39 is 0 Å². The predicted octanol–water partition coefficient (Wildman–Crippen LogP) is 4.74. The first-order valence-corrected chi connectivity index (χ1v) is 10.9. The first-order chi connectivity index (χ1) is 13.9. The van der Waals surface area contributed by atoms with Crippen LogP contribution < -0.4 is 10.6 Å². The van der Waals surface area contributed by atoms with Crippen LogP contribution in [0.15, 0.2) is 24.5 Å². The van der Waals surface area contributed by atoms with E-state index in [0.29, 0.717) is 6.04 Å². The standard InChI is InChI=1S/C22H33N5O.2ClH/c1-2-4-6-18(7-5-3-1)26-22-20-16-19(8-9-21(20)24-17-25-22)23-10-11-27-12-14-28-15-13-27;;/h8-9,16-18,23H,1-7,10-15H2,(H,24,25,26);2*1H. The zero-order valence-electron chi connectivity index (χ0n) is 17.6. The lowest BCUT2D eigenvalue weighted by molar-refractivity contribution is 0.0398. The minimum absolute atomic E-state index is 0. The van der Waals surface area contributed by atoms with Crippen LogP contribution in [-0.4, -0.2) is 60.3 Å². The van der Waals surface area contributed by atoms with E-state index in [1.54, 1.807) is 6.33 Å². The Morgan fingerprint density at radius 3 is 2.47 bits per heavy atom. The van der Waals surface area contributed by atoms with Gasteiger partial charge in [-0.05, 0) is 31.0 Å². The van der Waals surface area contributed by atoms with Crippen LogP contribution in [0.3, 0.4) is 0 Å². The summed E-state index contributed by atoms with van der Waals surface area (Å²) in [5.74, 6) is 0.979. The molecule has 1 saturated heterocycles. The maximum absolute atomic E-state index is 5.42. The topological polar surface area (TPSA) is 62.3 Å². The normalized spacial score (nSPS) is 18.5. The smallest absolute Gasteiger partial charge is 0.137 e. The Kier molecular flexibility index (Phi) is 10.9. The zero-order chi connectivity index (χ0) is 19.0. The van der Waals surface area contributed by atoms with Gasteiger partial charge in [-0.2, -0.15) is 0 Å². The molecular formula is C22H35Cl2N5O. The summed E-state index contributed by atoms with van der Waals surface area (Å²) in [4.78, 5) is 11.5. The SMILES string of the molecule is Cl.Cl.c1nc(NC2CCCCCCC2)c2cc(NCCN3CCOCC3)ccc2n1.